The Balaban J connectivity index is 0.00000312. The monoisotopic (exact) mass is 499 g/mol. The summed E-state index contributed by atoms with van der Waals surface area (Å²) in [6, 6.07) is 3.13. The van der Waals surface area contributed by atoms with Crippen molar-refractivity contribution in [2.24, 2.45) is 4.99 Å². The first kappa shape index (κ1) is 22.5. The number of aromatic nitrogens is 1. The number of pyridine rings is 1. The van der Waals surface area contributed by atoms with Crippen molar-refractivity contribution >= 4 is 51.7 Å². The molecule has 1 aromatic heterocycles. The topological polar surface area (TPSA) is 86.7 Å². The molecular formula is C15H26IN5O2S2. The lowest BCUT2D eigenvalue weighted by Gasteiger charge is -2.34. The van der Waals surface area contributed by atoms with E-state index in [0.717, 1.165) is 31.2 Å². The van der Waals surface area contributed by atoms with Crippen LogP contribution in [0.15, 0.2) is 34.4 Å². The fraction of sp³-hybridized carbons (Fsp3) is 0.600. The minimum Gasteiger partial charge on any atom is -0.355 e. The quantitative estimate of drug-likeness (QED) is 0.266. The Kier molecular flexibility index (Phi) is 10.1. The van der Waals surface area contributed by atoms with Crippen LogP contribution >= 0.6 is 35.7 Å². The third-order valence-electron chi connectivity index (χ3n) is 3.75. The fourth-order valence-electron chi connectivity index (χ4n) is 2.44. The predicted octanol–water partition coefficient (Wildman–Crippen LogP) is 1.38. The molecule has 142 valence electrons. The van der Waals surface area contributed by atoms with Crippen molar-refractivity contribution in [3.8, 4) is 0 Å². The van der Waals surface area contributed by atoms with Gasteiger partial charge in [-0.3, -0.25) is 9.98 Å². The van der Waals surface area contributed by atoms with Gasteiger partial charge in [0, 0.05) is 56.6 Å². The molecule has 2 heterocycles. The third-order valence-corrected chi connectivity index (χ3v) is 6.57. The van der Waals surface area contributed by atoms with Crippen molar-refractivity contribution < 1.29 is 8.42 Å². The fourth-order valence-corrected chi connectivity index (χ4v) is 4.62. The summed E-state index contributed by atoms with van der Waals surface area (Å²) in [7, 11) is -1.76. The SMILES string of the molecule is CCC1CN(C(=NC)NCCNS(=O)(=O)c2cccnc2)CCS1.I. The van der Waals surface area contributed by atoms with E-state index in [9.17, 15) is 8.42 Å². The molecular weight excluding hydrogens is 473 g/mol. The van der Waals surface area contributed by atoms with Gasteiger partial charge in [0.1, 0.15) is 4.90 Å². The predicted molar refractivity (Wildman–Crippen MR) is 114 cm³/mol. The number of guanidine groups is 1. The molecule has 2 rings (SSSR count). The van der Waals surface area contributed by atoms with Crippen LogP contribution in [0.4, 0.5) is 0 Å². The lowest BCUT2D eigenvalue weighted by Crippen LogP contribution is -2.49. The highest BCUT2D eigenvalue weighted by Gasteiger charge is 2.21. The van der Waals surface area contributed by atoms with E-state index < -0.39 is 10.0 Å². The number of thioether (sulfide) groups is 1. The Morgan fingerprint density at radius 2 is 2.28 bits per heavy atom. The van der Waals surface area contributed by atoms with E-state index in [0.29, 0.717) is 11.8 Å². The summed E-state index contributed by atoms with van der Waals surface area (Å²) in [5.41, 5.74) is 0. The van der Waals surface area contributed by atoms with Gasteiger partial charge in [0.2, 0.25) is 10.0 Å². The summed E-state index contributed by atoms with van der Waals surface area (Å²) < 4.78 is 26.8. The van der Waals surface area contributed by atoms with Gasteiger partial charge in [0.05, 0.1) is 0 Å². The first-order chi connectivity index (χ1) is 11.6. The van der Waals surface area contributed by atoms with Crippen molar-refractivity contribution in [1.82, 2.24) is 19.9 Å². The molecule has 1 unspecified atom stereocenters. The highest BCUT2D eigenvalue weighted by atomic mass is 127. The van der Waals surface area contributed by atoms with E-state index in [2.05, 4.69) is 31.8 Å². The number of rotatable bonds is 6. The van der Waals surface area contributed by atoms with Crippen molar-refractivity contribution in [2.75, 3.05) is 39.0 Å². The molecule has 1 aromatic rings. The molecule has 25 heavy (non-hydrogen) atoms. The second kappa shape index (κ2) is 11.2. The molecule has 1 aliphatic heterocycles. The van der Waals surface area contributed by atoms with Crippen LogP contribution in [0.1, 0.15) is 13.3 Å². The van der Waals surface area contributed by atoms with Crippen LogP contribution in [-0.2, 0) is 10.0 Å². The molecule has 0 radical (unpaired) electrons. The molecule has 0 saturated carbocycles. The first-order valence-corrected chi connectivity index (χ1v) is 10.6. The van der Waals surface area contributed by atoms with Gasteiger partial charge in [-0.2, -0.15) is 11.8 Å². The van der Waals surface area contributed by atoms with Crippen molar-refractivity contribution in [3.63, 3.8) is 0 Å². The number of nitrogens with one attached hydrogen (secondary N) is 2. The average Bonchev–Trinajstić information content (AvgIpc) is 2.62. The Labute approximate surface area is 171 Å². The van der Waals surface area contributed by atoms with Gasteiger partial charge >= 0.3 is 0 Å². The van der Waals surface area contributed by atoms with E-state index >= 15 is 0 Å². The Bertz CT molecular complexity index is 643. The summed E-state index contributed by atoms with van der Waals surface area (Å²) in [6.07, 6.45) is 4.03. The molecule has 1 aliphatic rings. The maximum absolute atomic E-state index is 12.1. The van der Waals surface area contributed by atoms with Crippen LogP contribution in [0.3, 0.4) is 0 Å². The van der Waals surface area contributed by atoms with E-state index in [-0.39, 0.29) is 35.4 Å². The van der Waals surface area contributed by atoms with Crippen molar-refractivity contribution in [2.45, 2.75) is 23.5 Å². The molecule has 0 aromatic carbocycles. The molecule has 0 amide bonds. The number of hydrogen-bond donors (Lipinski definition) is 2. The highest BCUT2D eigenvalue weighted by molar-refractivity contribution is 14.0. The first-order valence-electron chi connectivity index (χ1n) is 8.03. The van der Waals surface area contributed by atoms with Crippen LogP contribution in [0, 0.1) is 0 Å². The van der Waals surface area contributed by atoms with Gasteiger partial charge in [-0.25, -0.2) is 13.1 Å². The number of hydrogen-bond acceptors (Lipinski definition) is 5. The average molecular weight is 499 g/mol. The smallest absolute Gasteiger partial charge is 0.242 e. The summed E-state index contributed by atoms with van der Waals surface area (Å²) in [5, 5.41) is 3.86. The highest BCUT2D eigenvalue weighted by Crippen LogP contribution is 2.20. The number of sulfonamides is 1. The lowest BCUT2D eigenvalue weighted by atomic mass is 10.3. The lowest BCUT2D eigenvalue weighted by molar-refractivity contribution is 0.408. The number of halogens is 1. The molecule has 0 spiro atoms. The van der Waals surface area contributed by atoms with Crippen LogP contribution < -0.4 is 10.0 Å². The standard InChI is InChI=1S/C15H25N5O2S2.HI/c1-3-13-12-20(9-10-23-13)15(16-2)18-7-8-19-24(21,22)14-5-4-6-17-11-14;/h4-6,11,13,19H,3,7-10,12H2,1-2H3,(H,16,18);1H. The molecule has 7 nitrogen and oxygen atoms in total. The summed E-state index contributed by atoms with van der Waals surface area (Å²) in [4.78, 5) is 10.6. The Morgan fingerprint density at radius 1 is 1.48 bits per heavy atom. The molecule has 0 aliphatic carbocycles. The van der Waals surface area contributed by atoms with E-state index in [4.69, 9.17) is 0 Å². The largest absolute Gasteiger partial charge is 0.355 e. The zero-order chi connectivity index (χ0) is 17.4. The van der Waals surface area contributed by atoms with Gasteiger partial charge in [-0.1, -0.05) is 6.92 Å². The van der Waals surface area contributed by atoms with E-state index in [1.807, 2.05) is 11.8 Å². The molecule has 1 atom stereocenters. The van der Waals surface area contributed by atoms with Crippen LogP contribution in [-0.4, -0.2) is 68.5 Å². The van der Waals surface area contributed by atoms with Crippen molar-refractivity contribution in [3.05, 3.63) is 24.5 Å². The molecule has 2 N–H and O–H groups in total. The Morgan fingerprint density at radius 3 is 2.92 bits per heavy atom. The normalized spacial score (nSPS) is 18.6. The molecule has 1 fully saturated rings. The van der Waals surface area contributed by atoms with E-state index in [1.165, 1.54) is 12.3 Å². The number of aliphatic imine (C=N–C) groups is 1. The summed E-state index contributed by atoms with van der Waals surface area (Å²) >= 11 is 2.00. The van der Waals surface area contributed by atoms with Gasteiger partial charge < -0.3 is 10.2 Å². The summed E-state index contributed by atoms with van der Waals surface area (Å²) in [5.74, 6) is 1.92. The second-order valence-electron chi connectivity index (χ2n) is 5.41. The van der Waals surface area contributed by atoms with Crippen LogP contribution in [0.2, 0.25) is 0 Å². The van der Waals surface area contributed by atoms with Crippen LogP contribution in [0.5, 0.6) is 0 Å². The maximum Gasteiger partial charge on any atom is 0.242 e. The molecule has 1 saturated heterocycles. The molecule has 0 bridgehead atoms. The van der Waals surface area contributed by atoms with Gasteiger partial charge in [-0.15, -0.1) is 24.0 Å². The second-order valence-corrected chi connectivity index (χ2v) is 8.58. The van der Waals surface area contributed by atoms with E-state index in [1.54, 1.807) is 19.3 Å². The minimum absolute atomic E-state index is 0. The minimum atomic E-state index is -3.51. The zero-order valence-corrected chi connectivity index (χ0v) is 18.5. The third kappa shape index (κ3) is 6.91. The van der Waals surface area contributed by atoms with Crippen LogP contribution in [0.25, 0.3) is 0 Å². The summed E-state index contributed by atoms with van der Waals surface area (Å²) in [6.45, 7) is 4.90. The van der Waals surface area contributed by atoms with Gasteiger partial charge in [-0.05, 0) is 18.6 Å². The van der Waals surface area contributed by atoms with Crippen molar-refractivity contribution in [1.29, 1.82) is 0 Å². The number of nitrogens with zero attached hydrogens (tertiary/aromatic N) is 3. The Hall–Kier alpha value is -0.590. The maximum atomic E-state index is 12.1. The zero-order valence-electron chi connectivity index (χ0n) is 14.5. The van der Waals surface area contributed by atoms with Gasteiger partial charge in [0.25, 0.3) is 0 Å². The molecule has 10 heteroatoms. The van der Waals surface area contributed by atoms with Gasteiger partial charge in [0.15, 0.2) is 5.96 Å².